The van der Waals surface area contributed by atoms with E-state index < -0.39 is 5.97 Å². The standard InChI is InChI=1S/C16H14N2O2/c19-16(20)8-7-12-11-18(13-4-3-9-17-10-13)15-6-2-1-5-14(12)15/h1-6,9-11H,7-8H2,(H,19,20). The van der Waals surface area contributed by atoms with Gasteiger partial charge in [-0.2, -0.15) is 0 Å². The van der Waals surface area contributed by atoms with Crippen LogP contribution in [0.4, 0.5) is 0 Å². The van der Waals surface area contributed by atoms with Crippen LogP contribution in [0.2, 0.25) is 0 Å². The lowest BCUT2D eigenvalue weighted by molar-refractivity contribution is -0.136. The first kappa shape index (κ1) is 12.4. The van der Waals surface area contributed by atoms with Gasteiger partial charge in [-0.25, -0.2) is 0 Å². The molecule has 0 spiro atoms. The van der Waals surface area contributed by atoms with Crippen LogP contribution in [0.25, 0.3) is 16.6 Å². The summed E-state index contributed by atoms with van der Waals surface area (Å²) >= 11 is 0. The normalized spacial score (nSPS) is 10.8. The second kappa shape index (κ2) is 5.17. The number of hydrogen-bond donors (Lipinski definition) is 1. The van der Waals surface area contributed by atoms with Gasteiger partial charge in [0.25, 0.3) is 0 Å². The number of carboxylic acid groups (broad SMARTS) is 1. The number of aromatic nitrogens is 2. The molecular formula is C16H14N2O2. The highest BCUT2D eigenvalue weighted by molar-refractivity contribution is 5.86. The molecule has 4 heteroatoms. The number of hydrogen-bond acceptors (Lipinski definition) is 2. The Bertz CT molecular complexity index is 748. The molecule has 2 aromatic heterocycles. The molecule has 100 valence electrons. The molecule has 4 nitrogen and oxygen atoms in total. The first-order valence-electron chi connectivity index (χ1n) is 6.47. The number of pyridine rings is 1. The number of nitrogens with zero attached hydrogens (tertiary/aromatic N) is 2. The summed E-state index contributed by atoms with van der Waals surface area (Å²) in [5.74, 6) is -0.775. The van der Waals surface area contributed by atoms with Crippen molar-refractivity contribution in [2.75, 3.05) is 0 Å². The van der Waals surface area contributed by atoms with Gasteiger partial charge in [-0.05, 0) is 30.2 Å². The molecule has 0 fully saturated rings. The fourth-order valence-corrected chi connectivity index (χ4v) is 2.40. The Morgan fingerprint density at radius 1 is 1.20 bits per heavy atom. The van der Waals surface area contributed by atoms with Crippen LogP contribution in [0.1, 0.15) is 12.0 Å². The van der Waals surface area contributed by atoms with Gasteiger partial charge >= 0.3 is 5.97 Å². The molecule has 0 unspecified atom stereocenters. The lowest BCUT2D eigenvalue weighted by Crippen LogP contribution is -1.97. The van der Waals surface area contributed by atoms with Crippen LogP contribution < -0.4 is 0 Å². The van der Waals surface area contributed by atoms with Crippen LogP contribution in [0.3, 0.4) is 0 Å². The van der Waals surface area contributed by atoms with E-state index >= 15 is 0 Å². The highest BCUT2D eigenvalue weighted by Crippen LogP contribution is 2.25. The maximum Gasteiger partial charge on any atom is 0.303 e. The van der Waals surface area contributed by atoms with Crippen molar-refractivity contribution in [3.8, 4) is 5.69 Å². The van der Waals surface area contributed by atoms with Crippen LogP contribution in [0.15, 0.2) is 55.0 Å². The molecule has 1 aromatic carbocycles. The second-order valence-electron chi connectivity index (χ2n) is 4.65. The summed E-state index contributed by atoms with van der Waals surface area (Å²) in [6.45, 7) is 0. The molecule has 3 aromatic rings. The number of carbonyl (C=O) groups is 1. The highest BCUT2D eigenvalue weighted by atomic mass is 16.4. The molecule has 0 radical (unpaired) electrons. The average molecular weight is 266 g/mol. The average Bonchev–Trinajstić information content (AvgIpc) is 2.85. The Hall–Kier alpha value is -2.62. The Kier molecular flexibility index (Phi) is 3.21. The van der Waals surface area contributed by atoms with Crippen molar-refractivity contribution in [3.05, 3.63) is 60.6 Å². The Morgan fingerprint density at radius 3 is 2.80 bits per heavy atom. The third-order valence-electron chi connectivity index (χ3n) is 3.33. The van der Waals surface area contributed by atoms with Crippen molar-refractivity contribution in [3.63, 3.8) is 0 Å². The zero-order chi connectivity index (χ0) is 13.9. The summed E-state index contributed by atoms with van der Waals surface area (Å²) in [4.78, 5) is 14.9. The van der Waals surface area contributed by atoms with Crippen molar-refractivity contribution in [2.24, 2.45) is 0 Å². The SMILES string of the molecule is O=C(O)CCc1cn(-c2cccnc2)c2ccccc12. The van der Waals surface area contributed by atoms with Crippen LogP contribution >= 0.6 is 0 Å². The van der Waals surface area contributed by atoms with Gasteiger partial charge < -0.3 is 9.67 Å². The molecule has 1 N–H and O–H groups in total. The van der Waals surface area contributed by atoms with Crippen molar-refractivity contribution in [1.82, 2.24) is 9.55 Å². The molecule has 0 amide bonds. The van der Waals surface area contributed by atoms with E-state index in [1.54, 1.807) is 12.4 Å². The fourth-order valence-electron chi connectivity index (χ4n) is 2.40. The van der Waals surface area contributed by atoms with E-state index in [-0.39, 0.29) is 6.42 Å². The van der Waals surface area contributed by atoms with Crippen LogP contribution in [-0.4, -0.2) is 20.6 Å². The molecule has 3 rings (SSSR count). The number of rotatable bonds is 4. The van der Waals surface area contributed by atoms with Gasteiger partial charge in [-0.15, -0.1) is 0 Å². The minimum Gasteiger partial charge on any atom is -0.481 e. The number of carboxylic acids is 1. The molecule has 0 bridgehead atoms. The lowest BCUT2D eigenvalue weighted by Gasteiger charge is -2.03. The van der Waals surface area contributed by atoms with Gasteiger partial charge in [0.05, 0.1) is 17.4 Å². The first-order chi connectivity index (χ1) is 9.75. The summed E-state index contributed by atoms with van der Waals surface area (Å²) < 4.78 is 2.06. The minimum absolute atomic E-state index is 0.140. The van der Waals surface area contributed by atoms with Crippen molar-refractivity contribution in [2.45, 2.75) is 12.8 Å². The zero-order valence-electron chi connectivity index (χ0n) is 10.9. The number of fused-ring (bicyclic) bond motifs is 1. The summed E-state index contributed by atoms with van der Waals surface area (Å²) in [6.07, 6.45) is 6.21. The van der Waals surface area contributed by atoms with Gasteiger partial charge in [0.15, 0.2) is 0 Å². The van der Waals surface area contributed by atoms with Gasteiger partial charge in [0, 0.05) is 24.2 Å². The van der Waals surface area contributed by atoms with E-state index in [0.717, 1.165) is 22.2 Å². The molecule has 0 aliphatic rings. The third kappa shape index (κ3) is 2.28. The van der Waals surface area contributed by atoms with Gasteiger partial charge in [0.2, 0.25) is 0 Å². The van der Waals surface area contributed by atoms with Gasteiger partial charge in [-0.3, -0.25) is 9.78 Å². The second-order valence-corrected chi connectivity index (χ2v) is 4.65. The first-order valence-corrected chi connectivity index (χ1v) is 6.47. The minimum atomic E-state index is -0.775. The Balaban J connectivity index is 2.11. The topological polar surface area (TPSA) is 55.1 Å². The van der Waals surface area contributed by atoms with E-state index in [4.69, 9.17) is 5.11 Å². The molecular weight excluding hydrogens is 252 g/mol. The third-order valence-corrected chi connectivity index (χ3v) is 3.33. The van der Waals surface area contributed by atoms with Crippen LogP contribution in [0, 0.1) is 0 Å². The van der Waals surface area contributed by atoms with Crippen molar-refractivity contribution >= 4 is 16.9 Å². The van der Waals surface area contributed by atoms with E-state index in [1.165, 1.54) is 0 Å². The predicted octanol–water partition coefficient (Wildman–Crippen LogP) is 3.04. The molecule has 0 atom stereocenters. The number of benzene rings is 1. The summed E-state index contributed by atoms with van der Waals surface area (Å²) in [5.41, 5.74) is 3.10. The molecule has 0 saturated heterocycles. The zero-order valence-corrected chi connectivity index (χ0v) is 10.9. The summed E-state index contributed by atoms with van der Waals surface area (Å²) in [5, 5.41) is 9.95. The van der Waals surface area contributed by atoms with Gasteiger partial charge in [0.1, 0.15) is 0 Å². The predicted molar refractivity (Wildman–Crippen MR) is 77.0 cm³/mol. The molecule has 0 aliphatic carbocycles. The summed E-state index contributed by atoms with van der Waals surface area (Å²) in [7, 11) is 0. The smallest absolute Gasteiger partial charge is 0.303 e. The number of aliphatic carboxylic acids is 1. The monoisotopic (exact) mass is 266 g/mol. The van der Waals surface area contributed by atoms with E-state index in [2.05, 4.69) is 9.55 Å². The fraction of sp³-hybridized carbons (Fsp3) is 0.125. The highest BCUT2D eigenvalue weighted by Gasteiger charge is 2.10. The molecule has 0 saturated carbocycles. The van der Waals surface area contributed by atoms with E-state index in [0.29, 0.717) is 6.42 Å². The quantitative estimate of drug-likeness (QED) is 0.789. The maximum absolute atomic E-state index is 10.8. The van der Waals surface area contributed by atoms with E-state index in [1.807, 2.05) is 42.6 Å². The maximum atomic E-state index is 10.8. The Labute approximate surface area is 116 Å². The molecule has 20 heavy (non-hydrogen) atoms. The van der Waals surface area contributed by atoms with Crippen molar-refractivity contribution in [1.29, 1.82) is 0 Å². The van der Waals surface area contributed by atoms with E-state index in [9.17, 15) is 4.79 Å². The van der Waals surface area contributed by atoms with Gasteiger partial charge in [-0.1, -0.05) is 18.2 Å². The molecule has 0 aliphatic heterocycles. The lowest BCUT2D eigenvalue weighted by atomic mass is 10.1. The Morgan fingerprint density at radius 2 is 2.05 bits per heavy atom. The number of para-hydroxylation sites is 1. The summed E-state index contributed by atoms with van der Waals surface area (Å²) in [6, 6.07) is 11.9. The molecule has 2 heterocycles. The van der Waals surface area contributed by atoms with Crippen LogP contribution in [-0.2, 0) is 11.2 Å². The largest absolute Gasteiger partial charge is 0.481 e. The van der Waals surface area contributed by atoms with Crippen molar-refractivity contribution < 1.29 is 9.90 Å². The number of aryl methyl sites for hydroxylation is 1. The van der Waals surface area contributed by atoms with Crippen LogP contribution in [0.5, 0.6) is 0 Å².